The van der Waals surface area contributed by atoms with Crippen molar-refractivity contribution in [2.75, 3.05) is 6.54 Å². The molecule has 3 heteroatoms. The van der Waals surface area contributed by atoms with Crippen LogP contribution >= 0.6 is 0 Å². The third-order valence-corrected chi connectivity index (χ3v) is 3.51. The molecule has 1 amide bonds. The Hall–Kier alpha value is -1.25. The second kappa shape index (κ2) is 6.27. The molecular formula is C16H27NO2. The lowest BCUT2D eigenvalue weighted by Crippen LogP contribution is -2.55. The molecule has 108 valence electrons. The van der Waals surface area contributed by atoms with Gasteiger partial charge in [0.1, 0.15) is 5.60 Å². The van der Waals surface area contributed by atoms with Crippen LogP contribution < -0.4 is 0 Å². The van der Waals surface area contributed by atoms with E-state index < -0.39 is 5.60 Å². The Kier molecular flexibility index (Phi) is 5.21. The number of piperidine rings is 1. The fourth-order valence-electron chi connectivity index (χ4n) is 2.74. The molecule has 3 nitrogen and oxygen atoms in total. The molecule has 1 saturated heterocycles. The number of carbonyl (C=O) groups is 1. The molecule has 1 heterocycles. The summed E-state index contributed by atoms with van der Waals surface area (Å²) in [5.74, 6) is 0. The highest BCUT2D eigenvalue weighted by atomic mass is 16.6. The van der Waals surface area contributed by atoms with Gasteiger partial charge >= 0.3 is 6.09 Å². The third kappa shape index (κ3) is 4.12. The Morgan fingerprint density at radius 2 is 1.84 bits per heavy atom. The minimum absolute atomic E-state index is 0.190. The number of likely N-dealkylation sites (tertiary alicyclic amines) is 1. The Labute approximate surface area is 117 Å². The van der Waals surface area contributed by atoms with Crippen LogP contribution in [0.3, 0.4) is 0 Å². The number of rotatable bonds is 4. The van der Waals surface area contributed by atoms with Crippen molar-refractivity contribution in [3.05, 3.63) is 25.3 Å². The minimum Gasteiger partial charge on any atom is -0.444 e. The van der Waals surface area contributed by atoms with E-state index in [4.69, 9.17) is 4.74 Å². The molecule has 0 radical (unpaired) electrons. The summed E-state index contributed by atoms with van der Waals surface area (Å²) in [6, 6.07) is 0. The molecule has 1 rings (SSSR count). The van der Waals surface area contributed by atoms with Crippen molar-refractivity contribution in [1.29, 1.82) is 0 Å². The highest BCUT2D eigenvalue weighted by molar-refractivity contribution is 5.69. The summed E-state index contributed by atoms with van der Waals surface area (Å²) in [5, 5.41) is 0. The van der Waals surface area contributed by atoms with Gasteiger partial charge in [0.15, 0.2) is 0 Å². The van der Waals surface area contributed by atoms with E-state index in [1.165, 1.54) is 0 Å². The summed E-state index contributed by atoms with van der Waals surface area (Å²) in [6.45, 7) is 14.1. The number of amides is 1. The van der Waals surface area contributed by atoms with Crippen LogP contribution in [0.15, 0.2) is 25.3 Å². The van der Waals surface area contributed by atoms with Crippen LogP contribution in [0, 0.1) is 0 Å². The zero-order valence-electron chi connectivity index (χ0n) is 12.6. The lowest BCUT2D eigenvalue weighted by molar-refractivity contribution is -0.0146. The van der Waals surface area contributed by atoms with Crippen LogP contribution in [-0.4, -0.2) is 28.7 Å². The molecule has 0 spiro atoms. The Morgan fingerprint density at radius 3 is 2.32 bits per heavy atom. The van der Waals surface area contributed by atoms with Crippen LogP contribution in [0.4, 0.5) is 4.79 Å². The maximum atomic E-state index is 12.4. The van der Waals surface area contributed by atoms with Gasteiger partial charge in [0.2, 0.25) is 0 Å². The van der Waals surface area contributed by atoms with Crippen LogP contribution in [0.2, 0.25) is 0 Å². The largest absolute Gasteiger partial charge is 0.444 e. The topological polar surface area (TPSA) is 29.5 Å². The quantitative estimate of drug-likeness (QED) is 0.709. The second-order valence-electron chi connectivity index (χ2n) is 6.30. The van der Waals surface area contributed by atoms with Gasteiger partial charge < -0.3 is 9.64 Å². The van der Waals surface area contributed by atoms with Crippen molar-refractivity contribution in [2.24, 2.45) is 0 Å². The molecule has 1 aliphatic heterocycles. The van der Waals surface area contributed by atoms with E-state index in [0.717, 1.165) is 38.6 Å². The molecule has 0 atom stereocenters. The van der Waals surface area contributed by atoms with Crippen molar-refractivity contribution >= 4 is 6.09 Å². The predicted molar refractivity (Wildman–Crippen MR) is 79.2 cm³/mol. The monoisotopic (exact) mass is 265 g/mol. The van der Waals surface area contributed by atoms with Crippen molar-refractivity contribution in [1.82, 2.24) is 4.90 Å². The highest BCUT2D eigenvalue weighted by Crippen LogP contribution is 2.36. The van der Waals surface area contributed by atoms with Gasteiger partial charge in [-0.3, -0.25) is 0 Å². The summed E-state index contributed by atoms with van der Waals surface area (Å²) in [6.07, 6.45) is 8.33. The van der Waals surface area contributed by atoms with Gasteiger partial charge in [-0.25, -0.2) is 4.79 Å². The zero-order valence-corrected chi connectivity index (χ0v) is 12.6. The van der Waals surface area contributed by atoms with Crippen LogP contribution in [0.25, 0.3) is 0 Å². The predicted octanol–water partition coefficient (Wildman–Crippen LogP) is 4.30. The first-order chi connectivity index (χ1) is 8.84. The number of nitrogens with zero attached hydrogens (tertiary/aromatic N) is 1. The van der Waals surface area contributed by atoms with Crippen LogP contribution in [0.1, 0.15) is 52.9 Å². The number of hydrogen-bond acceptors (Lipinski definition) is 2. The molecule has 0 unspecified atom stereocenters. The van der Waals surface area contributed by atoms with Gasteiger partial charge in [-0.15, -0.1) is 13.2 Å². The molecule has 0 bridgehead atoms. The van der Waals surface area contributed by atoms with Gasteiger partial charge in [0, 0.05) is 6.54 Å². The van der Waals surface area contributed by atoms with E-state index >= 15 is 0 Å². The van der Waals surface area contributed by atoms with Crippen molar-refractivity contribution < 1.29 is 9.53 Å². The van der Waals surface area contributed by atoms with Crippen molar-refractivity contribution in [2.45, 2.75) is 64.0 Å². The third-order valence-electron chi connectivity index (χ3n) is 3.51. The summed E-state index contributed by atoms with van der Waals surface area (Å²) >= 11 is 0. The van der Waals surface area contributed by atoms with E-state index in [-0.39, 0.29) is 11.6 Å². The maximum Gasteiger partial charge on any atom is 0.410 e. The first-order valence-electron chi connectivity index (χ1n) is 7.07. The first kappa shape index (κ1) is 15.8. The number of ether oxygens (including phenoxy) is 1. The standard InChI is InChI=1S/C16H27NO2/c1-6-10-16(11-7-2)12-8-9-13-17(16)14(18)19-15(3,4)5/h6-7H,1-2,8-13H2,3-5H3. The number of hydrogen-bond donors (Lipinski definition) is 0. The molecule has 1 aliphatic rings. The lowest BCUT2D eigenvalue weighted by atomic mass is 9.81. The van der Waals surface area contributed by atoms with Crippen molar-refractivity contribution in [3.8, 4) is 0 Å². The van der Waals surface area contributed by atoms with E-state index in [9.17, 15) is 4.79 Å². The van der Waals surface area contributed by atoms with Crippen LogP contribution in [0.5, 0.6) is 0 Å². The van der Waals surface area contributed by atoms with E-state index in [1.54, 1.807) is 0 Å². The Morgan fingerprint density at radius 1 is 1.26 bits per heavy atom. The smallest absolute Gasteiger partial charge is 0.410 e. The molecule has 1 fully saturated rings. The molecule has 0 aliphatic carbocycles. The normalized spacial score (nSPS) is 18.8. The number of carbonyl (C=O) groups excluding carboxylic acids is 1. The maximum absolute atomic E-state index is 12.4. The van der Waals surface area contributed by atoms with Gasteiger partial charge in [0.05, 0.1) is 5.54 Å². The minimum atomic E-state index is -0.456. The SMILES string of the molecule is C=CCC1(CC=C)CCCCN1C(=O)OC(C)(C)C. The second-order valence-corrected chi connectivity index (χ2v) is 6.30. The van der Waals surface area contributed by atoms with Crippen molar-refractivity contribution in [3.63, 3.8) is 0 Å². The first-order valence-corrected chi connectivity index (χ1v) is 7.07. The molecule has 0 aromatic heterocycles. The van der Waals surface area contributed by atoms with E-state index in [1.807, 2.05) is 37.8 Å². The summed E-state index contributed by atoms with van der Waals surface area (Å²) in [5.41, 5.74) is -0.646. The molecule has 19 heavy (non-hydrogen) atoms. The lowest BCUT2D eigenvalue weighted by Gasteiger charge is -2.46. The fourth-order valence-corrected chi connectivity index (χ4v) is 2.74. The molecular weight excluding hydrogens is 238 g/mol. The highest BCUT2D eigenvalue weighted by Gasteiger charge is 2.41. The van der Waals surface area contributed by atoms with E-state index in [0.29, 0.717) is 0 Å². The molecule has 0 N–H and O–H groups in total. The van der Waals surface area contributed by atoms with Gasteiger partial charge in [0.25, 0.3) is 0 Å². The van der Waals surface area contributed by atoms with Crippen LogP contribution in [-0.2, 0) is 4.74 Å². The average Bonchev–Trinajstić information content (AvgIpc) is 2.27. The fraction of sp³-hybridized carbons (Fsp3) is 0.688. The molecule has 0 aromatic rings. The van der Waals surface area contributed by atoms with Gasteiger partial charge in [-0.05, 0) is 52.9 Å². The van der Waals surface area contributed by atoms with Gasteiger partial charge in [-0.2, -0.15) is 0 Å². The average molecular weight is 265 g/mol. The van der Waals surface area contributed by atoms with E-state index in [2.05, 4.69) is 13.2 Å². The summed E-state index contributed by atoms with van der Waals surface area (Å²) in [4.78, 5) is 14.3. The molecule has 0 saturated carbocycles. The van der Waals surface area contributed by atoms with Gasteiger partial charge in [-0.1, -0.05) is 12.2 Å². The summed E-state index contributed by atoms with van der Waals surface area (Å²) in [7, 11) is 0. The zero-order chi connectivity index (χ0) is 14.5. The Balaban J connectivity index is 2.94. The molecule has 0 aromatic carbocycles. The Bertz CT molecular complexity index is 331. The summed E-state index contributed by atoms with van der Waals surface area (Å²) < 4.78 is 5.54.